The van der Waals surface area contributed by atoms with Crippen molar-refractivity contribution in [2.24, 2.45) is 17.8 Å². The number of H-pyrrole nitrogens is 1. The Labute approximate surface area is 122 Å². The normalized spacial score (nSPS) is 37.2. The molecule has 0 saturated heterocycles. The van der Waals surface area contributed by atoms with E-state index in [1.54, 1.807) is 6.20 Å². The van der Waals surface area contributed by atoms with E-state index in [0.717, 1.165) is 23.6 Å². The number of nitrogens with one attached hydrogen (secondary N) is 1. The van der Waals surface area contributed by atoms with Crippen molar-refractivity contribution >= 4 is 5.82 Å². The molecule has 4 bridgehead atoms. The van der Waals surface area contributed by atoms with Crippen LogP contribution >= 0.6 is 0 Å². The Morgan fingerprint density at radius 2 is 1.81 bits per heavy atom. The Morgan fingerprint density at radius 3 is 2.38 bits per heavy atom. The van der Waals surface area contributed by atoms with Crippen molar-refractivity contribution in [2.75, 3.05) is 5.73 Å². The van der Waals surface area contributed by atoms with Crippen LogP contribution in [0.4, 0.5) is 5.82 Å². The van der Waals surface area contributed by atoms with Gasteiger partial charge in [-0.05, 0) is 56.3 Å². The van der Waals surface area contributed by atoms with Gasteiger partial charge in [0, 0.05) is 5.41 Å². The molecule has 4 aliphatic carbocycles. The molecular weight excluding hydrogens is 266 g/mol. The second-order valence-electron chi connectivity index (χ2n) is 7.32. The molecule has 0 unspecified atom stereocenters. The summed E-state index contributed by atoms with van der Waals surface area (Å²) in [4.78, 5) is 4.69. The molecule has 3 N–H and O–H groups in total. The first-order chi connectivity index (χ1) is 10.2. The minimum Gasteiger partial charge on any atom is -0.383 e. The van der Waals surface area contributed by atoms with Gasteiger partial charge in [-0.1, -0.05) is 5.16 Å². The third-order valence-electron chi connectivity index (χ3n) is 5.84. The van der Waals surface area contributed by atoms with Gasteiger partial charge in [0.2, 0.25) is 0 Å². The van der Waals surface area contributed by atoms with Crippen molar-refractivity contribution in [1.29, 1.82) is 0 Å². The highest BCUT2D eigenvalue weighted by atomic mass is 16.5. The fourth-order valence-corrected chi connectivity index (χ4v) is 5.40. The van der Waals surface area contributed by atoms with Crippen LogP contribution in [-0.4, -0.2) is 20.3 Å². The highest BCUT2D eigenvalue weighted by Crippen LogP contribution is 2.60. The van der Waals surface area contributed by atoms with Gasteiger partial charge in [0.15, 0.2) is 5.82 Å². The molecule has 6 heteroatoms. The summed E-state index contributed by atoms with van der Waals surface area (Å²) < 4.78 is 5.48. The van der Waals surface area contributed by atoms with E-state index in [1.165, 1.54) is 38.5 Å². The van der Waals surface area contributed by atoms with Gasteiger partial charge in [0.05, 0.1) is 6.20 Å². The van der Waals surface area contributed by atoms with Gasteiger partial charge in [0.1, 0.15) is 11.4 Å². The minimum atomic E-state index is 0.162. The Bertz CT molecular complexity index is 653. The lowest BCUT2D eigenvalue weighted by Gasteiger charge is -2.55. The molecule has 6 rings (SSSR count). The molecule has 21 heavy (non-hydrogen) atoms. The van der Waals surface area contributed by atoms with E-state index in [0.29, 0.717) is 17.3 Å². The number of rotatable bonds is 2. The van der Waals surface area contributed by atoms with E-state index in [-0.39, 0.29) is 5.41 Å². The van der Waals surface area contributed by atoms with Crippen LogP contribution in [0.1, 0.15) is 44.3 Å². The summed E-state index contributed by atoms with van der Waals surface area (Å²) in [6.45, 7) is 0. The molecule has 2 aromatic heterocycles. The van der Waals surface area contributed by atoms with E-state index in [9.17, 15) is 0 Å². The van der Waals surface area contributed by atoms with Crippen LogP contribution in [0.15, 0.2) is 10.7 Å². The maximum atomic E-state index is 5.84. The Hall–Kier alpha value is -1.85. The highest BCUT2D eigenvalue weighted by Gasteiger charge is 2.53. The smallest absolute Gasteiger partial charge is 0.263 e. The van der Waals surface area contributed by atoms with Crippen LogP contribution in [0.3, 0.4) is 0 Å². The SMILES string of the molecule is Nc1[nH]ncc1-c1nc(C23CC4CC(CC(C4)C2)C3)no1. The monoisotopic (exact) mass is 285 g/mol. The summed E-state index contributed by atoms with van der Waals surface area (Å²) >= 11 is 0. The van der Waals surface area contributed by atoms with Crippen LogP contribution in [0.5, 0.6) is 0 Å². The predicted molar refractivity (Wildman–Crippen MR) is 76.1 cm³/mol. The number of aromatic nitrogens is 4. The molecule has 4 fully saturated rings. The fraction of sp³-hybridized carbons (Fsp3) is 0.667. The van der Waals surface area contributed by atoms with Crippen LogP contribution in [-0.2, 0) is 5.41 Å². The molecule has 0 radical (unpaired) electrons. The summed E-state index contributed by atoms with van der Waals surface area (Å²) in [5.41, 5.74) is 6.71. The maximum Gasteiger partial charge on any atom is 0.263 e. The molecule has 0 aromatic carbocycles. The van der Waals surface area contributed by atoms with Gasteiger partial charge < -0.3 is 10.3 Å². The average molecular weight is 285 g/mol. The molecule has 4 aliphatic rings. The Balaban J connectivity index is 1.54. The second kappa shape index (κ2) is 3.87. The maximum absolute atomic E-state index is 5.84. The third-order valence-corrected chi connectivity index (χ3v) is 5.84. The number of aromatic amines is 1. The van der Waals surface area contributed by atoms with Crippen LogP contribution in [0.25, 0.3) is 11.5 Å². The van der Waals surface area contributed by atoms with Gasteiger partial charge in [-0.25, -0.2) is 0 Å². The van der Waals surface area contributed by atoms with Crippen molar-refractivity contribution in [3.8, 4) is 11.5 Å². The zero-order valence-corrected chi connectivity index (χ0v) is 11.9. The summed E-state index contributed by atoms with van der Waals surface area (Å²) in [5, 5.41) is 11.0. The first-order valence-corrected chi connectivity index (χ1v) is 7.85. The Kier molecular flexibility index (Phi) is 2.17. The second-order valence-corrected chi connectivity index (χ2v) is 7.32. The van der Waals surface area contributed by atoms with E-state index in [1.807, 2.05) is 0 Å². The topological polar surface area (TPSA) is 93.6 Å². The molecule has 0 aliphatic heterocycles. The highest BCUT2D eigenvalue weighted by molar-refractivity contribution is 5.65. The number of hydrogen-bond acceptors (Lipinski definition) is 5. The molecule has 4 saturated carbocycles. The lowest BCUT2D eigenvalue weighted by atomic mass is 9.49. The number of anilines is 1. The molecule has 0 amide bonds. The fourth-order valence-electron chi connectivity index (χ4n) is 5.40. The first-order valence-electron chi connectivity index (χ1n) is 7.85. The van der Waals surface area contributed by atoms with Crippen molar-refractivity contribution in [2.45, 2.75) is 43.9 Å². The predicted octanol–water partition coefficient (Wildman–Crippen LogP) is 2.51. The van der Waals surface area contributed by atoms with Crippen LogP contribution in [0, 0.1) is 17.8 Å². The van der Waals surface area contributed by atoms with Gasteiger partial charge in [-0.2, -0.15) is 10.1 Å². The van der Waals surface area contributed by atoms with E-state index >= 15 is 0 Å². The summed E-state index contributed by atoms with van der Waals surface area (Å²) in [5.74, 6) is 4.49. The molecule has 0 spiro atoms. The van der Waals surface area contributed by atoms with Crippen molar-refractivity contribution in [3.63, 3.8) is 0 Å². The largest absolute Gasteiger partial charge is 0.383 e. The van der Waals surface area contributed by atoms with Crippen molar-refractivity contribution < 1.29 is 4.52 Å². The van der Waals surface area contributed by atoms with E-state index in [2.05, 4.69) is 20.3 Å². The quantitative estimate of drug-likeness (QED) is 0.884. The van der Waals surface area contributed by atoms with Gasteiger partial charge in [-0.15, -0.1) is 0 Å². The van der Waals surface area contributed by atoms with E-state index < -0.39 is 0 Å². The van der Waals surface area contributed by atoms with Crippen LogP contribution in [0.2, 0.25) is 0 Å². The summed E-state index contributed by atoms with van der Waals surface area (Å²) in [6.07, 6.45) is 9.60. The van der Waals surface area contributed by atoms with Crippen LogP contribution < -0.4 is 5.73 Å². The zero-order chi connectivity index (χ0) is 14.0. The number of hydrogen-bond donors (Lipinski definition) is 2. The zero-order valence-electron chi connectivity index (χ0n) is 11.9. The number of nitrogens with zero attached hydrogens (tertiary/aromatic N) is 3. The van der Waals surface area contributed by atoms with Crippen molar-refractivity contribution in [1.82, 2.24) is 20.3 Å². The first kappa shape index (κ1) is 11.8. The third kappa shape index (κ3) is 1.61. The van der Waals surface area contributed by atoms with Gasteiger partial charge in [0.25, 0.3) is 5.89 Å². The van der Waals surface area contributed by atoms with Gasteiger partial charge in [-0.3, -0.25) is 5.10 Å². The number of nitrogen functional groups attached to an aromatic ring is 1. The minimum absolute atomic E-state index is 0.162. The molecule has 2 heterocycles. The molecular formula is C15H19N5O. The molecule has 0 atom stereocenters. The Morgan fingerprint density at radius 1 is 1.14 bits per heavy atom. The van der Waals surface area contributed by atoms with Gasteiger partial charge >= 0.3 is 0 Å². The lowest BCUT2D eigenvalue weighted by molar-refractivity contribution is -0.0103. The average Bonchev–Trinajstić information content (AvgIpc) is 3.05. The van der Waals surface area contributed by atoms with Crippen molar-refractivity contribution in [3.05, 3.63) is 12.0 Å². The molecule has 2 aromatic rings. The number of nitrogens with two attached hydrogens (primary N) is 1. The summed E-state index contributed by atoms with van der Waals surface area (Å²) in [6, 6.07) is 0. The molecule has 110 valence electrons. The summed E-state index contributed by atoms with van der Waals surface area (Å²) in [7, 11) is 0. The lowest BCUT2D eigenvalue weighted by Crippen LogP contribution is -2.49. The standard InChI is InChI=1S/C15H19N5O/c16-12-11(7-17-19-12)13-18-14(20-21-13)15-4-8-1-9(5-15)3-10(2-8)6-15/h7-10H,1-6H2,(H3,16,17,19). The van der Waals surface area contributed by atoms with E-state index in [4.69, 9.17) is 10.3 Å². The molecule has 6 nitrogen and oxygen atoms in total.